The number of aryl methyl sites for hydroxylation is 3. The maximum absolute atomic E-state index is 10.3. The van der Waals surface area contributed by atoms with Crippen LogP contribution < -0.4 is 0 Å². The molecule has 53 heavy (non-hydrogen) atoms. The molecule has 9 rings (SSSR count). The van der Waals surface area contributed by atoms with Gasteiger partial charge in [-0.2, -0.15) is 17.1 Å². The summed E-state index contributed by atoms with van der Waals surface area (Å²) in [5.74, 6) is 0. The van der Waals surface area contributed by atoms with Crippen molar-refractivity contribution in [3.05, 3.63) is 190 Å². The Morgan fingerprint density at radius 1 is 0.604 bits per heavy atom. The van der Waals surface area contributed by atoms with Crippen molar-refractivity contribution in [1.82, 2.24) is 4.57 Å². The van der Waals surface area contributed by atoms with E-state index in [9.17, 15) is 10.5 Å². The van der Waals surface area contributed by atoms with E-state index in [0.717, 1.165) is 69.1 Å². The van der Waals surface area contributed by atoms with Crippen molar-refractivity contribution >= 4 is 21.8 Å². The van der Waals surface area contributed by atoms with Gasteiger partial charge in [0.15, 0.2) is 0 Å². The molecule has 0 aliphatic carbocycles. The molecule has 0 bridgehead atoms. The first kappa shape index (κ1) is 32.2. The van der Waals surface area contributed by atoms with Gasteiger partial charge in [0.2, 0.25) is 0 Å². The van der Waals surface area contributed by atoms with Crippen molar-refractivity contribution in [1.29, 1.82) is 10.5 Å². The highest BCUT2D eigenvalue weighted by molar-refractivity contribution is 6.09. The van der Waals surface area contributed by atoms with Crippen LogP contribution in [0.25, 0.3) is 66.2 Å². The number of rotatable bonds is 8. The molecule has 1 fully saturated rings. The third-order valence-corrected chi connectivity index (χ3v) is 10.7. The quantitative estimate of drug-likeness (QED) is 0.150. The van der Waals surface area contributed by atoms with Crippen LogP contribution in [0.15, 0.2) is 152 Å². The average molecular weight is 680 g/mol. The predicted molar refractivity (Wildman–Crippen MR) is 216 cm³/mol. The van der Waals surface area contributed by atoms with Gasteiger partial charge in [-0.15, -0.1) is 6.04 Å². The SMILES string of the molecule is Cc1ccccc1-c1c(CCc2cccc(C#N)c2-c2ccc(-c3cccc(-n4c5ccccc5c5cc(C#N)ccc54)c3)cc2)cccc1C1C[N-]1. The minimum Gasteiger partial charge on any atom is -0.658 e. The summed E-state index contributed by atoms with van der Waals surface area (Å²) in [7, 11) is 0. The minimum atomic E-state index is 0.279. The Balaban J connectivity index is 1.05. The van der Waals surface area contributed by atoms with Crippen LogP contribution in [0.2, 0.25) is 0 Å². The van der Waals surface area contributed by atoms with Gasteiger partial charge in [-0.05, 0) is 107 Å². The van der Waals surface area contributed by atoms with Gasteiger partial charge in [0.25, 0.3) is 0 Å². The zero-order valence-electron chi connectivity index (χ0n) is 29.4. The van der Waals surface area contributed by atoms with Crippen molar-refractivity contribution in [2.75, 3.05) is 6.54 Å². The molecule has 0 spiro atoms. The fourth-order valence-electron chi connectivity index (χ4n) is 8.02. The molecule has 2 heterocycles. The zero-order chi connectivity index (χ0) is 35.9. The van der Waals surface area contributed by atoms with Gasteiger partial charge in [0, 0.05) is 22.0 Å². The van der Waals surface area contributed by atoms with Crippen molar-refractivity contribution in [3.63, 3.8) is 0 Å². The lowest BCUT2D eigenvalue weighted by Gasteiger charge is -2.20. The van der Waals surface area contributed by atoms with Crippen molar-refractivity contribution in [2.24, 2.45) is 0 Å². The summed E-state index contributed by atoms with van der Waals surface area (Å²) in [6.07, 6.45) is 1.67. The normalized spacial score (nSPS) is 13.5. The molecular weight excluding hydrogens is 645 g/mol. The molecule has 1 atom stereocenters. The van der Waals surface area contributed by atoms with E-state index >= 15 is 0 Å². The van der Waals surface area contributed by atoms with E-state index in [0.29, 0.717) is 11.1 Å². The monoisotopic (exact) mass is 679 g/mol. The molecule has 1 unspecified atom stereocenters. The van der Waals surface area contributed by atoms with Gasteiger partial charge in [0.1, 0.15) is 0 Å². The number of fused-ring (bicyclic) bond motifs is 3. The maximum Gasteiger partial charge on any atom is 0.0998 e. The first-order chi connectivity index (χ1) is 26.1. The Kier molecular flexibility index (Phi) is 8.17. The lowest BCUT2D eigenvalue weighted by atomic mass is 9.86. The van der Waals surface area contributed by atoms with Gasteiger partial charge in [0.05, 0.1) is 34.3 Å². The predicted octanol–water partition coefficient (Wildman–Crippen LogP) is 12.1. The second-order valence-electron chi connectivity index (χ2n) is 13.9. The molecule has 7 aromatic carbocycles. The summed E-state index contributed by atoms with van der Waals surface area (Å²) < 4.78 is 2.28. The molecule has 252 valence electrons. The molecule has 0 radical (unpaired) electrons. The van der Waals surface area contributed by atoms with Crippen LogP contribution >= 0.6 is 0 Å². The van der Waals surface area contributed by atoms with E-state index in [4.69, 9.17) is 0 Å². The van der Waals surface area contributed by atoms with Gasteiger partial charge < -0.3 is 9.88 Å². The summed E-state index contributed by atoms with van der Waals surface area (Å²) in [6.45, 7) is 3.08. The van der Waals surface area contributed by atoms with E-state index < -0.39 is 0 Å². The standard InChI is InChI=1S/C49H35N4/c1-32-9-2-3-15-41(32)49-36(11-8-17-43(49)45-31-52-45)25-24-35-10-6-13-39(30-51)48(35)37-22-20-34(21-23-37)38-12-7-14-40(28-38)53-46-18-5-4-16-42(46)44-27-33(29-50)19-26-47(44)53/h2-23,26-28,45H,24-25,31H2,1H3/q-1. The summed E-state index contributed by atoms with van der Waals surface area (Å²) in [5.41, 5.74) is 16.5. The van der Waals surface area contributed by atoms with Crippen molar-refractivity contribution in [2.45, 2.75) is 25.8 Å². The molecule has 1 aliphatic heterocycles. The second kappa shape index (κ2) is 13.4. The summed E-state index contributed by atoms with van der Waals surface area (Å²) in [6, 6.07) is 58.0. The minimum absolute atomic E-state index is 0.279. The smallest absolute Gasteiger partial charge is 0.0998 e. The number of benzene rings is 7. The molecule has 8 aromatic rings. The molecule has 4 nitrogen and oxygen atoms in total. The van der Waals surface area contributed by atoms with Gasteiger partial charge in [-0.25, -0.2) is 0 Å². The Morgan fingerprint density at radius 2 is 1.30 bits per heavy atom. The van der Waals surface area contributed by atoms with Crippen LogP contribution in [0.1, 0.15) is 39.4 Å². The highest BCUT2D eigenvalue weighted by atomic mass is 15.1. The van der Waals surface area contributed by atoms with Crippen molar-refractivity contribution in [3.8, 4) is 51.2 Å². The Labute approximate surface area is 309 Å². The van der Waals surface area contributed by atoms with Gasteiger partial charge >= 0.3 is 0 Å². The molecule has 4 heteroatoms. The number of hydrogen-bond acceptors (Lipinski definition) is 2. The third-order valence-electron chi connectivity index (χ3n) is 10.7. The third kappa shape index (κ3) is 5.86. The first-order valence-corrected chi connectivity index (χ1v) is 18.1. The molecular formula is C49H35N4-. The summed E-state index contributed by atoms with van der Waals surface area (Å²) in [4.78, 5) is 0. The lowest BCUT2D eigenvalue weighted by Crippen LogP contribution is -2.01. The Hall–Kier alpha value is -6.72. The van der Waals surface area contributed by atoms with E-state index in [2.05, 4.69) is 144 Å². The van der Waals surface area contributed by atoms with Crippen molar-refractivity contribution < 1.29 is 0 Å². The highest BCUT2D eigenvalue weighted by Gasteiger charge is 2.19. The lowest BCUT2D eigenvalue weighted by molar-refractivity contribution is 0.958. The Bertz CT molecular complexity index is 2770. The van der Waals surface area contributed by atoms with Crippen LogP contribution in [-0.4, -0.2) is 11.1 Å². The highest BCUT2D eigenvalue weighted by Crippen LogP contribution is 2.44. The molecule has 0 saturated carbocycles. The maximum atomic E-state index is 10.3. The average Bonchev–Trinajstić information content (AvgIpc) is 4.01. The van der Waals surface area contributed by atoms with E-state index in [-0.39, 0.29) is 6.04 Å². The molecule has 1 aliphatic rings. The first-order valence-electron chi connectivity index (χ1n) is 18.1. The largest absolute Gasteiger partial charge is 0.658 e. The fraction of sp³-hybridized carbons (Fsp3) is 0.102. The van der Waals surface area contributed by atoms with Crippen LogP contribution in [-0.2, 0) is 12.8 Å². The van der Waals surface area contributed by atoms with Crippen LogP contribution in [0.3, 0.4) is 0 Å². The number of hydrogen-bond donors (Lipinski definition) is 0. The number of aromatic nitrogens is 1. The van der Waals surface area contributed by atoms with Crippen LogP contribution in [0.4, 0.5) is 0 Å². The number of para-hydroxylation sites is 1. The molecule has 0 N–H and O–H groups in total. The van der Waals surface area contributed by atoms with Crippen LogP contribution in [0, 0.1) is 29.6 Å². The fourth-order valence-corrected chi connectivity index (χ4v) is 8.02. The number of nitriles is 2. The van der Waals surface area contributed by atoms with Crippen LogP contribution in [0.5, 0.6) is 0 Å². The summed E-state index contributed by atoms with van der Waals surface area (Å²) in [5, 5.41) is 26.7. The topological polar surface area (TPSA) is 66.6 Å². The summed E-state index contributed by atoms with van der Waals surface area (Å²) >= 11 is 0. The Morgan fingerprint density at radius 3 is 2.08 bits per heavy atom. The zero-order valence-corrected chi connectivity index (χ0v) is 29.4. The van der Waals surface area contributed by atoms with E-state index in [1.807, 2.05) is 36.4 Å². The molecule has 1 aromatic heterocycles. The van der Waals surface area contributed by atoms with E-state index in [1.165, 1.54) is 33.4 Å². The molecule has 0 amide bonds. The van der Waals surface area contributed by atoms with Gasteiger partial charge in [-0.3, -0.25) is 0 Å². The van der Waals surface area contributed by atoms with E-state index in [1.54, 1.807) is 0 Å². The molecule has 1 saturated heterocycles. The second-order valence-corrected chi connectivity index (χ2v) is 13.9. The van der Waals surface area contributed by atoms with Gasteiger partial charge in [-0.1, -0.05) is 115 Å². The number of nitrogens with zero attached hydrogens (tertiary/aromatic N) is 4.